The highest BCUT2D eigenvalue weighted by Crippen LogP contribution is 2.41. The van der Waals surface area contributed by atoms with Crippen LogP contribution in [0.2, 0.25) is 0 Å². The number of anilines is 3. The molecule has 5 heteroatoms. The Bertz CT molecular complexity index is 1730. The quantitative estimate of drug-likeness (QED) is 0.363. The molecule has 0 spiro atoms. The molecular weight excluding hydrogens is 428 g/mol. The summed E-state index contributed by atoms with van der Waals surface area (Å²) < 4.78 is 13.1. The molecule has 0 unspecified atom stereocenters. The number of benzene rings is 5. The Morgan fingerprint density at radius 1 is 0.429 bits per heavy atom. The molecule has 0 aliphatic carbocycles. The van der Waals surface area contributed by atoms with Crippen LogP contribution >= 0.6 is 0 Å². The summed E-state index contributed by atoms with van der Waals surface area (Å²) in [5, 5.41) is 0. The fourth-order valence-electron chi connectivity index (χ4n) is 6.75. The molecule has 0 bridgehead atoms. The third kappa shape index (κ3) is 2.11. The van der Waals surface area contributed by atoms with E-state index in [1.807, 2.05) is 0 Å². The molecule has 5 aromatic carbocycles. The van der Waals surface area contributed by atoms with E-state index < -0.39 is 0 Å². The van der Waals surface area contributed by atoms with Crippen LogP contribution in [0.3, 0.4) is 0 Å². The number of nitrogens with zero attached hydrogens (tertiary/aromatic N) is 1. The van der Waals surface area contributed by atoms with Gasteiger partial charge in [0.2, 0.25) is 6.71 Å². The highest BCUT2D eigenvalue weighted by Gasteiger charge is 2.51. The van der Waals surface area contributed by atoms with Gasteiger partial charge in [0, 0.05) is 17.1 Å². The number of fused-ring (bicyclic) bond motifs is 3. The van der Waals surface area contributed by atoms with Crippen molar-refractivity contribution in [3.05, 3.63) is 103 Å². The first-order valence-electron chi connectivity index (χ1n) is 12.1. The normalized spacial score (nSPS) is 14.6. The maximum Gasteiger partial charge on any atom is 0.255 e. The molecule has 0 radical (unpaired) electrons. The largest absolute Gasteiger partial charge is 0.458 e. The standard InChI is InChI=1S/C30H17B2NO2/c1-2-8-18(9-3-1)33-21-12-6-11-20-27(21)32-28-22(33)13-7-15-24(28)35-26-17-16-25-29(30(26)32)31(20)19-10-4-5-14-23(19)34-25/h1-17H. The van der Waals surface area contributed by atoms with Gasteiger partial charge in [-0.3, -0.25) is 0 Å². The van der Waals surface area contributed by atoms with E-state index in [9.17, 15) is 0 Å². The molecule has 4 aliphatic heterocycles. The van der Waals surface area contributed by atoms with E-state index in [4.69, 9.17) is 9.47 Å². The summed E-state index contributed by atoms with van der Waals surface area (Å²) in [4.78, 5) is 2.41. The molecule has 9 rings (SSSR count). The van der Waals surface area contributed by atoms with Crippen LogP contribution in [-0.4, -0.2) is 13.4 Å². The average molecular weight is 445 g/mol. The van der Waals surface area contributed by atoms with Gasteiger partial charge in [0.1, 0.15) is 23.0 Å². The van der Waals surface area contributed by atoms with Crippen LogP contribution in [0.15, 0.2) is 103 Å². The minimum absolute atomic E-state index is 0.115. The van der Waals surface area contributed by atoms with Crippen molar-refractivity contribution in [2.24, 2.45) is 0 Å². The molecule has 35 heavy (non-hydrogen) atoms. The summed E-state index contributed by atoms with van der Waals surface area (Å²) in [6.45, 7) is 0.236. The monoisotopic (exact) mass is 445 g/mol. The van der Waals surface area contributed by atoms with Gasteiger partial charge in [0.05, 0.1) is 0 Å². The summed E-state index contributed by atoms with van der Waals surface area (Å²) >= 11 is 0. The molecule has 0 N–H and O–H groups in total. The highest BCUT2D eigenvalue weighted by molar-refractivity contribution is 7.13. The molecule has 5 aromatic rings. The van der Waals surface area contributed by atoms with Gasteiger partial charge in [-0.05, 0) is 75.8 Å². The van der Waals surface area contributed by atoms with Gasteiger partial charge in [0.15, 0.2) is 0 Å². The molecule has 0 fully saturated rings. The van der Waals surface area contributed by atoms with Gasteiger partial charge in [-0.25, -0.2) is 0 Å². The fourth-order valence-corrected chi connectivity index (χ4v) is 6.75. The van der Waals surface area contributed by atoms with Crippen LogP contribution < -0.4 is 47.2 Å². The molecule has 0 aromatic heterocycles. The van der Waals surface area contributed by atoms with Crippen molar-refractivity contribution in [3.63, 3.8) is 0 Å². The van der Waals surface area contributed by atoms with E-state index in [0.29, 0.717) is 0 Å². The SMILES string of the molecule is c1ccc(N2c3cccc4c3B3c5c(cccc52)B2c5ccccc5Oc5ccc(c3c52)O4)cc1. The van der Waals surface area contributed by atoms with Crippen LogP contribution in [0, 0.1) is 0 Å². The number of ether oxygens (including phenoxy) is 2. The molecule has 4 aliphatic rings. The second-order valence-electron chi connectivity index (χ2n) is 9.64. The average Bonchev–Trinajstić information content (AvgIpc) is 2.92. The maximum atomic E-state index is 6.61. The predicted molar refractivity (Wildman–Crippen MR) is 143 cm³/mol. The van der Waals surface area contributed by atoms with Gasteiger partial charge in [-0.2, -0.15) is 0 Å². The van der Waals surface area contributed by atoms with E-state index in [0.717, 1.165) is 28.7 Å². The molecule has 0 atom stereocenters. The number of hydrogen-bond acceptors (Lipinski definition) is 3. The van der Waals surface area contributed by atoms with Crippen LogP contribution in [0.1, 0.15) is 0 Å². The van der Waals surface area contributed by atoms with Crippen molar-refractivity contribution < 1.29 is 9.47 Å². The van der Waals surface area contributed by atoms with E-state index in [-0.39, 0.29) is 13.4 Å². The zero-order chi connectivity index (χ0) is 22.7. The molecule has 4 heterocycles. The van der Waals surface area contributed by atoms with E-state index in [1.54, 1.807) is 0 Å². The third-order valence-electron chi connectivity index (χ3n) is 8.00. The number of hydrogen-bond donors (Lipinski definition) is 0. The molecule has 0 amide bonds. The third-order valence-corrected chi connectivity index (χ3v) is 8.00. The van der Waals surface area contributed by atoms with Crippen LogP contribution in [0.4, 0.5) is 17.1 Å². The lowest BCUT2D eigenvalue weighted by molar-refractivity contribution is 0.475. The lowest BCUT2D eigenvalue weighted by atomic mass is 9.19. The topological polar surface area (TPSA) is 21.7 Å². The molecule has 0 saturated carbocycles. The minimum Gasteiger partial charge on any atom is -0.458 e. The van der Waals surface area contributed by atoms with Crippen molar-refractivity contribution in [1.82, 2.24) is 0 Å². The first-order chi connectivity index (χ1) is 17.4. The van der Waals surface area contributed by atoms with Gasteiger partial charge in [0.25, 0.3) is 6.71 Å². The van der Waals surface area contributed by atoms with Gasteiger partial charge in [-0.1, -0.05) is 60.1 Å². The molecular formula is C30H17B2NO2. The predicted octanol–water partition coefficient (Wildman–Crippen LogP) is 3.03. The van der Waals surface area contributed by atoms with Gasteiger partial charge < -0.3 is 14.4 Å². The lowest BCUT2D eigenvalue weighted by Crippen LogP contribution is -2.78. The summed E-state index contributed by atoms with van der Waals surface area (Å²) in [5.41, 5.74) is 11.3. The molecule has 3 nitrogen and oxygen atoms in total. The zero-order valence-corrected chi connectivity index (χ0v) is 18.7. The summed E-state index contributed by atoms with van der Waals surface area (Å²) in [6, 6.07) is 36.5. The number of rotatable bonds is 1. The van der Waals surface area contributed by atoms with Crippen molar-refractivity contribution in [2.45, 2.75) is 0 Å². The Morgan fingerprint density at radius 3 is 1.89 bits per heavy atom. The second kappa shape index (κ2) is 6.19. The Morgan fingerprint density at radius 2 is 1.03 bits per heavy atom. The number of para-hydroxylation sites is 2. The van der Waals surface area contributed by atoms with Crippen molar-refractivity contribution in [1.29, 1.82) is 0 Å². The fraction of sp³-hybridized carbons (Fsp3) is 0. The Hall–Kier alpha value is -4.37. The first-order valence-corrected chi connectivity index (χ1v) is 12.1. The minimum atomic E-state index is 0.115. The Kier molecular flexibility index (Phi) is 3.19. The smallest absolute Gasteiger partial charge is 0.255 e. The van der Waals surface area contributed by atoms with Crippen molar-refractivity contribution in [2.75, 3.05) is 4.90 Å². The summed E-state index contributed by atoms with van der Waals surface area (Å²) in [6.07, 6.45) is 0. The lowest BCUT2D eigenvalue weighted by Gasteiger charge is -2.45. The van der Waals surface area contributed by atoms with Crippen LogP contribution in [-0.2, 0) is 0 Å². The summed E-state index contributed by atoms with van der Waals surface area (Å²) in [5.74, 6) is 3.77. The van der Waals surface area contributed by atoms with Gasteiger partial charge >= 0.3 is 0 Å². The van der Waals surface area contributed by atoms with Crippen LogP contribution in [0.25, 0.3) is 0 Å². The van der Waals surface area contributed by atoms with Crippen molar-refractivity contribution >= 4 is 63.3 Å². The Balaban J connectivity index is 1.45. The zero-order valence-electron chi connectivity index (χ0n) is 18.7. The van der Waals surface area contributed by atoms with Gasteiger partial charge in [-0.15, -0.1) is 0 Å². The molecule has 160 valence electrons. The maximum absolute atomic E-state index is 6.61. The Labute approximate surface area is 203 Å². The highest BCUT2D eigenvalue weighted by atomic mass is 16.5. The van der Waals surface area contributed by atoms with Crippen molar-refractivity contribution in [3.8, 4) is 23.0 Å². The van der Waals surface area contributed by atoms with Crippen LogP contribution in [0.5, 0.6) is 23.0 Å². The second-order valence-corrected chi connectivity index (χ2v) is 9.64. The first kappa shape index (κ1) is 18.0. The molecule has 0 saturated heterocycles. The van der Waals surface area contributed by atoms with E-state index in [1.165, 1.54) is 44.2 Å². The van der Waals surface area contributed by atoms with E-state index in [2.05, 4.69) is 108 Å². The van der Waals surface area contributed by atoms with E-state index >= 15 is 0 Å². The summed E-state index contributed by atoms with van der Waals surface area (Å²) in [7, 11) is 0.